The lowest BCUT2D eigenvalue weighted by Gasteiger charge is -2.29. The molecule has 0 N–H and O–H groups in total. The minimum absolute atomic E-state index is 0.260. The lowest BCUT2D eigenvalue weighted by molar-refractivity contribution is 0.661. The molecule has 0 bridgehead atoms. The molecule has 0 fully saturated rings. The number of nitrogens with zero attached hydrogens (tertiary/aromatic N) is 4. The molecule has 1 aliphatic carbocycles. The van der Waals surface area contributed by atoms with Crippen LogP contribution in [0.1, 0.15) is 25.0 Å². The molecule has 67 heavy (non-hydrogen) atoms. The Morgan fingerprint density at radius 3 is 1.27 bits per heavy atom. The summed E-state index contributed by atoms with van der Waals surface area (Å²) < 4.78 is 4.33. The van der Waals surface area contributed by atoms with E-state index in [4.69, 9.17) is 0 Å². The van der Waals surface area contributed by atoms with E-state index in [1.54, 1.807) is 0 Å². The van der Waals surface area contributed by atoms with Gasteiger partial charge in [-0.05, 0) is 177 Å². The minimum atomic E-state index is -0.260. The normalized spacial score (nSPS) is 12.4. The molecule has 0 spiro atoms. The fourth-order valence-corrected chi connectivity index (χ4v) is 10.1. The van der Waals surface area contributed by atoms with Gasteiger partial charge in [-0.15, -0.1) is 0 Å². The molecule has 12 rings (SSSR count). The summed E-state index contributed by atoms with van der Waals surface area (Å²) in [5.41, 5.74) is 18.6. The first-order valence-electron chi connectivity index (χ1n) is 23.1. The standard InChI is InChI=1S/C63H48N4/c1-63(2)61-41-50-39-57(66(55-27-15-23-51(42-55)64-33-9-10-34-64)53-25-13-21-47(37-53)45-17-5-3-6-18-45)30-29-49(50)40-60(61)59-32-31-58(44-62(59)63)67(56-28-16-24-52(43-56)65-35-11-12-36-65)54-26-14-22-48(38-54)46-19-7-4-8-20-46/h3-44H,1-2H3. The van der Waals surface area contributed by atoms with Gasteiger partial charge in [-0.3, -0.25) is 0 Å². The number of hydrogen-bond donors (Lipinski definition) is 0. The van der Waals surface area contributed by atoms with Crippen molar-refractivity contribution in [2.24, 2.45) is 0 Å². The van der Waals surface area contributed by atoms with Crippen LogP contribution < -0.4 is 9.80 Å². The molecule has 0 saturated carbocycles. The fourth-order valence-electron chi connectivity index (χ4n) is 10.1. The Balaban J connectivity index is 0.963. The highest BCUT2D eigenvalue weighted by molar-refractivity contribution is 5.97. The number of fused-ring (bicyclic) bond motifs is 4. The van der Waals surface area contributed by atoms with E-state index in [1.165, 1.54) is 55.3 Å². The van der Waals surface area contributed by atoms with Crippen molar-refractivity contribution < 1.29 is 0 Å². The summed E-state index contributed by atoms with van der Waals surface area (Å²) in [5.74, 6) is 0. The van der Waals surface area contributed by atoms with Crippen molar-refractivity contribution in [2.75, 3.05) is 9.80 Å². The summed E-state index contributed by atoms with van der Waals surface area (Å²) in [6, 6.07) is 83.9. The Labute approximate surface area is 392 Å². The van der Waals surface area contributed by atoms with Gasteiger partial charge in [0.15, 0.2) is 0 Å². The van der Waals surface area contributed by atoms with E-state index in [2.05, 4.69) is 288 Å². The van der Waals surface area contributed by atoms with Crippen LogP contribution in [-0.4, -0.2) is 9.13 Å². The predicted molar refractivity (Wildman–Crippen MR) is 280 cm³/mol. The Morgan fingerprint density at radius 2 is 0.731 bits per heavy atom. The van der Waals surface area contributed by atoms with Gasteiger partial charge in [0, 0.05) is 75.7 Å². The van der Waals surface area contributed by atoms with Crippen molar-refractivity contribution in [3.8, 4) is 44.8 Å². The summed E-state index contributed by atoms with van der Waals surface area (Å²) in [6.45, 7) is 4.77. The van der Waals surface area contributed by atoms with Crippen molar-refractivity contribution in [3.05, 3.63) is 266 Å². The van der Waals surface area contributed by atoms with Crippen molar-refractivity contribution >= 4 is 44.9 Å². The predicted octanol–water partition coefficient (Wildman–Crippen LogP) is 17.0. The van der Waals surface area contributed by atoms with Gasteiger partial charge in [0.1, 0.15) is 0 Å². The van der Waals surface area contributed by atoms with Crippen LogP contribution >= 0.6 is 0 Å². The molecule has 9 aromatic carbocycles. The van der Waals surface area contributed by atoms with E-state index < -0.39 is 0 Å². The van der Waals surface area contributed by atoms with Gasteiger partial charge in [0.2, 0.25) is 0 Å². The molecule has 0 saturated heterocycles. The van der Waals surface area contributed by atoms with Crippen molar-refractivity contribution in [1.82, 2.24) is 9.13 Å². The maximum atomic E-state index is 2.45. The zero-order valence-electron chi connectivity index (χ0n) is 37.5. The lowest BCUT2D eigenvalue weighted by atomic mass is 9.81. The quantitative estimate of drug-likeness (QED) is 0.136. The molecule has 4 heteroatoms. The topological polar surface area (TPSA) is 16.3 Å². The molecule has 4 nitrogen and oxygen atoms in total. The molecular weight excluding hydrogens is 813 g/mol. The second-order valence-electron chi connectivity index (χ2n) is 18.0. The number of hydrogen-bond acceptors (Lipinski definition) is 2. The van der Waals surface area contributed by atoms with Crippen molar-refractivity contribution in [1.29, 1.82) is 0 Å². The smallest absolute Gasteiger partial charge is 0.0482 e. The minimum Gasteiger partial charge on any atom is -0.324 e. The highest BCUT2D eigenvalue weighted by Gasteiger charge is 2.36. The Kier molecular flexibility index (Phi) is 9.80. The van der Waals surface area contributed by atoms with Crippen LogP contribution in [0, 0.1) is 0 Å². The molecule has 11 aromatic rings. The average Bonchev–Trinajstić information content (AvgIpc) is 4.17. The van der Waals surface area contributed by atoms with E-state index >= 15 is 0 Å². The van der Waals surface area contributed by atoms with Gasteiger partial charge in [-0.2, -0.15) is 0 Å². The molecule has 2 heterocycles. The summed E-state index contributed by atoms with van der Waals surface area (Å²) >= 11 is 0. The molecule has 0 amide bonds. The monoisotopic (exact) mass is 860 g/mol. The van der Waals surface area contributed by atoms with Gasteiger partial charge in [0.05, 0.1) is 0 Å². The third kappa shape index (κ3) is 7.30. The zero-order valence-corrected chi connectivity index (χ0v) is 37.5. The molecule has 0 atom stereocenters. The molecule has 0 unspecified atom stereocenters. The van der Waals surface area contributed by atoms with E-state index in [1.807, 2.05) is 0 Å². The molecule has 2 aromatic heterocycles. The van der Waals surface area contributed by atoms with Gasteiger partial charge >= 0.3 is 0 Å². The fraction of sp³-hybridized carbons (Fsp3) is 0.0476. The van der Waals surface area contributed by atoms with Crippen LogP contribution in [0.25, 0.3) is 55.5 Å². The highest BCUT2D eigenvalue weighted by atomic mass is 15.2. The maximum absolute atomic E-state index is 2.45. The number of aromatic nitrogens is 2. The van der Waals surface area contributed by atoms with E-state index in [-0.39, 0.29) is 5.41 Å². The summed E-state index contributed by atoms with van der Waals surface area (Å²) in [6.07, 6.45) is 8.40. The zero-order chi connectivity index (χ0) is 44.9. The van der Waals surface area contributed by atoms with Gasteiger partial charge in [-0.1, -0.05) is 123 Å². The van der Waals surface area contributed by atoms with E-state index in [9.17, 15) is 0 Å². The summed E-state index contributed by atoms with van der Waals surface area (Å²) in [4.78, 5) is 4.80. The molecular formula is C63H48N4. The summed E-state index contributed by atoms with van der Waals surface area (Å²) in [7, 11) is 0. The third-order valence-corrected chi connectivity index (χ3v) is 13.5. The van der Waals surface area contributed by atoms with Crippen molar-refractivity contribution in [2.45, 2.75) is 19.3 Å². The van der Waals surface area contributed by atoms with Crippen LogP contribution in [0.5, 0.6) is 0 Å². The first-order valence-corrected chi connectivity index (χ1v) is 23.1. The molecule has 0 aliphatic heterocycles. The molecule has 0 radical (unpaired) electrons. The molecule has 320 valence electrons. The molecule has 1 aliphatic rings. The SMILES string of the molecule is CC1(C)c2cc(N(c3cccc(-c4ccccc4)c3)c3cccc(-n4cccc4)c3)ccc2-c2cc3ccc(N(c4cccc(-c5ccccc5)c4)c4cccc(-n5cccc5)c4)cc3cc21. The van der Waals surface area contributed by atoms with Gasteiger partial charge in [0.25, 0.3) is 0 Å². The first kappa shape index (κ1) is 40.0. The van der Waals surface area contributed by atoms with Crippen LogP contribution in [0.2, 0.25) is 0 Å². The van der Waals surface area contributed by atoms with E-state index in [0.717, 1.165) is 45.5 Å². The van der Waals surface area contributed by atoms with E-state index in [0.29, 0.717) is 0 Å². The Morgan fingerprint density at radius 1 is 0.299 bits per heavy atom. The van der Waals surface area contributed by atoms with Crippen LogP contribution in [0.15, 0.2) is 255 Å². The van der Waals surface area contributed by atoms with Crippen LogP contribution in [0.3, 0.4) is 0 Å². The average molecular weight is 861 g/mol. The van der Waals surface area contributed by atoms with Crippen LogP contribution in [-0.2, 0) is 5.41 Å². The van der Waals surface area contributed by atoms with Crippen LogP contribution in [0.4, 0.5) is 34.1 Å². The van der Waals surface area contributed by atoms with Gasteiger partial charge in [-0.25, -0.2) is 0 Å². The Bertz CT molecular complexity index is 3550. The second-order valence-corrected chi connectivity index (χ2v) is 18.0. The summed E-state index contributed by atoms with van der Waals surface area (Å²) in [5, 5.41) is 2.43. The number of anilines is 6. The number of rotatable bonds is 10. The third-order valence-electron chi connectivity index (χ3n) is 13.5. The first-order chi connectivity index (χ1) is 32.9. The number of benzene rings is 9. The lowest BCUT2D eigenvalue weighted by Crippen LogP contribution is -2.17. The van der Waals surface area contributed by atoms with Gasteiger partial charge < -0.3 is 18.9 Å². The Hall–Kier alpha value is -8.60. The highest BCUT2D eigenvalue weighted by Crippen LogP contribution is 2.52. The maximum Gasteiger partial charge on any atom is 0.0482 e. The van der Waals surface area contributed by atoms with Crippen molar-refractivity contribution in [3.63, 3.8) is 0 Å². The largest absolute Gasteiger partial charge is 0.324 e. The second kappa shape index (κ2) is 16.4.